The van der Waals surface area contributed by atoms with Crippen molar-refractivity contribution in [3.63, 3.8) is 0 Å². The summed E-state index contributed by atoms with van der Waals surface area (Å²) in [7, 11) is 1.68. The van der Waals surface area contributed by atoms with Crippen LogP contribution in [0.5, 0.6) is 0 Å². The first-order valence-corrected chi connectivity index (χ1v) is 20.7. The maximum absolute atomic E-state index is 14.3. The zero-order chi connectivity index (χ0) is 39.7. The minimum absolute atomic E-state index is 0.108. The van der Waals surface area contributed by atoms with Gasteiger partial charge in [-0.1, -0.05) is 32.6 Å². The summed E-state index contributed by atoms with van der Waals surface area (Å²) in [4.78, 5) is 53.3. The Morgan fingerprint density at radius 3 is 2.84 bits per heavy atom. The van der Waals surface area contributed by atoms with Gasteiger partial charge in [0, 0.05) is 90.8 Å². The van der Waals surface area contributed by atoms with Crippen molar-refractivity contribution < 1.29 is 28.6 Å². The number of hydrazine groups is 1. The van der Waals surface area contributed by atoms with Crippen LogP contribution in [-0.2, 0) is 43.2 Å². The van der Waals surface area contributed by atoms with Crippen molar-refractivity contribution in [2.75, 3.05) is 40.0 Å². The largest absolute Gasteiger partial charge is 0.464 e. The van der Waals surface area contributed by atoms with Crippen LogP contribution < -0.4 is 10.7 Å². The van der Waals surface area contributed by atoms with E-state index in [-0.39, 0.29) is 37.1 Å². The molecule has 4 aliphatic heterocycles. The molecule has 7 rings (SSSR count). The molecule has 14 heteroatoms. The molecular weight excluding hydrogens is 731 g/mol. The molecule has 2 aromatic heterocycles. The number of esters is 1. The van der Waals surface area contributed by atoms with Crippen LogP contribution in [0.3, 0.4) is 0 Å². The Morgan fingerprint density at radius 2 is 2.11 bits per heavy atom. The van der Waals surface area contributed by atoms with Crippen molar-refractivity contribution in [2.24, 2.45) is 16.3 Å². The number of urea groups is 1. The summed E-state index contributed by atoms with van der Waals surface area (Å²) in [6, 6.07) is 4.65. The Morgan fingerprint density at radius 1 is 1.29 bits per heavy atom. The van der Waals surface area contributed by atoms with E-state index in [4.69, 9.17) is 24.2 Å². The van der Waals surface area contributed by atoms with E-state index in [0.717, 1.165) is 56.1 Å². The molecule has 0 aliphatic carbocycles. The zero-order valence-electron chi connectivity index (χ0n) is 33.4. The van der Waals surface area contributed by atoms with E-state index in [0.29, 0.717) is 58.0 Å². The highest BCUT2D eigenvalue weighted by molar-refractivity contribution is 7.10. The number of carbonyl (C=O) groups is 3. The van der Waals surface area contributed by atoms with Crippen LogP contribution in [-0.4, -0.2) is 108 Å². The lowest BCUT2D eigenvalue weighted by molar-refractivity contribution is -0.155. The molecule has 0 spiro atoms. The number of nitrogens with one attached hydrogen (secondary N) is 2. The van der Waals surface area contributed by atoms with Crippen LogP contribution in [0, 0.1) is 11.3 Å². The van der Waals surface area contributed by atoms with Gasteiger partial charge in [-0.15, -0.1) is 11.3 Å². The molecule has 3 saturated heterocycles. The highest BCUT2D eigenvalue weighted by Crippen LogP contribution is 2.40. The molecule has 0 unspecified atom stereocenters. The highest BCUT2D eigenvalue weighted by Gasteiger charge is 2.45. The van der Waals surface area contributed by atoms with Crippen LogP contribution in [0.1, 0.15) is 70.1 Å². The van der Waals surface area contributed by atoms with E-state index in [9.17, 15) is 14.4 Å². The number of cyclic esters (lactones) is 1. The number of aromatic nitrogens is 2. The summed E-state index contributed by atoms with van der Waals surface area (Å²) in [6.45, 7) is 17.6. The van der Waals surface area contributed by atoms with Gasteiger partial charge in [0.05, 0.1) is 41.4 Å². The lowest BCUT2D eigenvalue weighted by Gasteiger charge is -2.50. The van der Waals surface area contributed by atoms with Gasteiger partial charge in [0.2, 0.25) is 0 Å². The number of likely N-dealkylation sites (tertiary alicyclic amines) is 1. The number of fused-ring (bicyclic) bond motifs is 7. The number of rotatable bonds is 7. The summed E-state index contributed by atoms with van der Waals surface area (Å²) in [5, 5.41) is 8.34. The maximum atomic E-state index is 14.3. The molecule has 3 amide bonds. The summed E-state index contributed by atoms with van der Waals surface area (Å²) < 4.78 is 19.8. The van der Waals surface area contributed by atoms with Crippen molar-refractivity contribution in [1.82, 2.24) is 30.2 Å². The number of ether oxygens (including phenoxy) is 3. The molecule has 300 valence electrons. The van der Waals surface area contributed by atoms with Gasteiger partial charge in [0.1, 0.15) is 12.1 Å². The molecule has 5 atom stereocenters. The number of hydrogen-bond donors (Lipinski definition) is 2. The first-order chi connectivity index (χ1) is 27.0. The number of allylic oxidation sites excluding steroid dienone is 2. The summed E-state index contributed by atoms with van der Waals surface area (Å²) in [5.74, 6) is -0.397. The van der Waals surface area contributed by atoms with E-state index in [1.807, 2.05) is 30.2 Å². The Balaban J connectivity index is 1.32. The molecule has 0 saturated carbocycles. The number of aryl methyl sites for hydroxylation is 1. The maximum Gasteiger partial charge on any atom is 0.324 e. The van der Waals surface area contributed by atoms with Crippen molar-refractivity contribution in [2.45, 2.75) is 97.5 Å². The fourth-order valence-electron chi connectivity index (χ4n) is 8.56. The van der Waals surface area contributed by atoms with Crippen LogP contribution >= 0.6 is 11.3 Å². The molecule has 2 N–H and O–H groups in total. The molecule has 13 nitrogen and oxygen atoms in total. The Kier molecular flexibility index (Phi) is 11.8. The molecule has 1 aromatic carbocycles. The van der Waals surface area contributed by atoms with Gasteiger partial charge in [0.15, 0.2) is 0 Å². The van der Waals surface area contributed by atoms with Crippen LogP contribution in [0.25, 0.3) is 27.7 Å². The minimum atomic E-state index is -0.894. The molecule has 0 radical (unpaired) electrons. The fraction of sp³-hybridized carbons (Fsp3) is 0.548. The average molecular weight is 786 g/mol. The third-order valence-corrected chi connectivity index (χ3v) is 12.4. The molecule has 4 aliphatic rings. The molecule has 3 fully saturated rings. The standard InChI is InChI=1S/C42H55N7O6S/c1-8-28(37(43-9-2)25(4)53-7)38-30-20-42(5,6)24-55-40(51)31-12-11-16-49(46-31)39(50)32(45-41(52)48-21-27-22-54-17-15-34(27)48)19-36-44-33(23-56-36)26-13-14-35(29(30)18-26)47(38)10-3/h8-9,13-14,18,23,25,27,31-32,34,46H,1,10-12,15-17,19-22,24H2,2-7H3,(H,45,52)/b37-28+,43-9-/t25-,27+,31-,32-,34-/m0/s1. The Bertz CT molecular complexity index is 2050. The van der Waals surface area contributed by atoms with E-state index in [2.05, 4.69) is 60.9 Å². The van der Waals surface area contributed by atoms with Crippen molar-refractivity contribution in [1.29, 1.82) is 0 Å². The van der Waals surface area contributed by atoms with Crippen LogP contribution in [0.4, 0.5) is 4.79 Å². The Labute approximate surface area is 333 Å². The second kappa shape index (κ2) is 16.6. The lowest BCUT2D eigenvalue weighted by Crippen LogP contribution is -2.67. The number of nitrogens with zero attached hydrogens (tertiary/aromatic N) is 5. The summed E-state index contributed by atoms with van der Waals surface area (Å²) >= 11 is 1.47. The van der Waals surface area contributed by atoms with Gasteiger partial charge >= 0.3 is 12.0 Å². The second-order valence-electron chi connectivity index (χ2n) is 16.0. The number of carbonyl (C=O) groups excluding carboxylic acids is 3. The quantitative estimate of drug-likeness (QED) is 0.175. The van der Waals surface area contributed by atoms with Gasteiger partial charge in [-0.3, -0.25) is 19.6 Å². The fourth-order valence-corrected chi connectivity index (χ4v) is 9.41. The van der Waals surface area contributed by atoms with E-state index < -0.39 is 23.5 Å². The third-order valence-electron chi connectivity index (χ3n) is 11.6. The number of amides is 3. The van der Waals surface area contributed by atoms with Crippen molar-refractivity contribution >= 4 is 51.9 Å². The topological polar surface area (TPSA) is 140 Å². The van der Waals surface area contributed by atoms with Crippen LogP contribution in [0.2, 0.25) is 0 Å². The second-order valence-corrected chi connectivity index (χ2v) is 17.0. The van der Waals surface area contributed by atoms with Crippen LogP contribution in [0.15, 0.2) is 46.9 Å². The average Bonchev–Trinajstić information content (AvgIpc) is 3.78. The first kappa shape index (κ1) is 39.8. The number of benzene rings is 1. The monoisotopic (exact) mass is 785 g/mol. The SMILES string of the molecule is C=C/C(=C(\N=C/C)[C@H](C)OC)c1c2c3cc(ccc3n1CC)-c1csc(n1)C[C@H](NC(=O)N1C[C@@H]3COCC[C@@H]31)C(=O)N1CCC[C@H](N1)C(=O)OCC(C)(C)C2. The molecule has 56 heavy (non-hydrogen) atoms. The molecule has 6 bridgehead atoms. The van der Waals surface area contributed by atoms with E-state index in [1.54, 1.807) is 13.3 Å². The van der Waals surface area contributed by atoms with Gasteiger partial charge in [-0.25, -0.2) is 15.2 Å². The number of hydrogen-bond acceptors (Lipinski definition) is 10. The lowest BCUT2D eigenvalue weighted by atomic mass is 9.84. The van der Waals surface area contributed by atoms with Crippen molar-refractivity contribution in [3.05, 3.63) is 58.2 Å². The third kappa shape index (κ3) is 7.80. The predicted molar refractivity (Wildman–Crippen MR) is 218 cm³/mol. The molecular formula is C42H55N7O6S. The smallest absolute Gasteiger partial charge is 0.324 e. The molecule has 6 heterocycles. The normalized spacial score (nSPS) is 25.2. The van der Waals surface area contributed by atoms with E-state index >= 15 is 0 Å². The number of methoxy groups -OCH3 is 1. The Hall–Kier alpha value is -4.37. The zero-order valence-corrected chi connectivity index (χ0v) is 34.2. The molecule has 3 aromatic rings. The predicted octanol–water partition coefficient (Wildman–Crippen LogP) is 5.77. The summed E-state index contributed by atoms with van der Waals surface area (Å²) in [5.41, 5.74) is 9.22. The first-order valence-electron chi connectivity index (χ1n) is 19.8. The van der Waals surface area contributed by atoms with Gasteiger partial charge in [-0.2, -0.15) is 0 Å². The van der Waals surface area contributed by atoms with Gasteiger partial charge < -0.3 is 29.0 Å². The minimum Gasteiger partial charge on any atom is -0.464 e. The number of aliphatic imine (C=N–C) groups is 1. The van der Waals surface area contributed by atoms with Crippen molar-refractivity contribution in [3.8, 4) is 11.3 Å². The summed E-state index contributed by atoms with van der Waals surface area (Å²) in [6.07, 6.45) is 6.05. The van der Waals surface area contributed by atoms with Gasteiger partial charge in [-0.05, 0) is 64.2 Å². The van der Waals surface area contributed by atoms with Gasteiger partial charge in [0.25, 0.3) is 5.91 Å². The highest BCUT2D eigenvalue weighted by atomic mass is 32.1. The number of thiazole rings is 1. The van der Waals surface area contributed by atoms with E-state index in [1.165, 1.54) is 16.3 Å².